The SMILES string of the molecule is Cc1ccc(-c2ccc(/C=N\NC(=O)c3cccc(Cl)c3)o2)cc1[N+](=O)[O-]. The van der Waals surface area contributed by atoms with Gasteiger partial charge in [-0.15, -0.1) is 0 Å². The molecule has 3 aromatic rings. The van der Waals surface area contributed by atoms with E-state index < -0.39 is 10.8 Å². The van der Waals surface area contributed by atoms with E-state index in [1.807, 2.05) is 0 Å². The minimum absolute atomic E-state index is 0.0212. The van der Waals surface area contributed by atoms with Crippen LogP contribution in [0.1, 0.15) is 21.7 Å². The van der Waals surface area contributed by atoms with Crippen molar-refractivity contribution in [3.05, 3.63) is 86.6 Å². The third kappa shape index (κ3) is 4.39. The quantitative estimate of drug-likeness (QED) is 0.396. The first-order valence-corrected chi connectivity index (χ1v) is 8.26. The summed E-state index contributed by atoms with van der Waals surface area (Å²) >= 11 is 5.84. The van der Waals surface area contributed by atoms with Crippen LogP contribution in [0.25, 0.3) is 11.3 Å². The number of aryl methyl sites for hydroxylation is 1. The lowest BCUT2D eigenvalue weighted by atomic mass is 10.1. The topological polar surface area (TPSA) is 97.7 Å². The number of carbonyl (C=O) groups excluding carboxylic acids is 1. The summed E-state index contributed by atoms with van der Waals surface area (Å²) in [6.07, 6.45) is 1.34. The maximum atomic E-state index is 12.0. The molecule has 1 aromatic heterocycles. The fourth-order valence-electron chi connectivity index (χ4n) is 2.39. The highest BCUT2D eigenvalue weighted by molar-refractivity contribution is 6.30. The Hall–Kier alpha value is -3.45. The number of hydrogen-bond acceptors (Lipinski definition) is 5. The van der Waals surface area contributed by atoms with Crippen molar-refractivity contribution >= 4 is 29.4 Å². The van der Waals surface area contributed by atoms with E-state index >= 15 is 0 Å². The number of halogens is 1. The molecule has 3 rings (SSSR count). The number of hydrazone groups is 1. The molecule has 2 aromatic carbocycles. The van der Waals surface area contributed by atoms with Gasteiger partial charge in [0.25, 0.3) is 11.6 Å². The van der Waals surface area contributed by atoms with Crippen LogP contribution in [0.3, 0.4) is 0 Å². The Morgan fingerprint density at radius 2 is 2.04 bits per heavy atom. The fourth-order valence-corrected chi connectivity index (χ4v) is 2.58. The van der Waals surface area contributed by atoms with E-state index in [0.29, 0.717) is 33.2 Å². The third-order valence-electron chi connectivity index (χ3n) is 3.76. The smallest absolute Gasteiger partial charge is 0.273 e. The molecule has 1 heterocycles. The van der Waals surface area contributed by atoms with Crippen LogP contribution in [0.4, 0.5) is 5.69 Å². The maximum absolute atomic E-state index is 12.0. The van der Waals surface area contributed by atoms with Crippen molar-refractivity contribution in [1.29, 1.82) is 0 Å². The fraction of sp³-hybridized carbons (Fsp3) is 0.0526. The normalized spacial score (nSPS) is 10.9. The highest BCUT2D eigenvalue weighted by Crippen LogP contribution is 2.27. The second-order valence-electron chi connectivity index (χ2n) is 5.67. The molecule has 0 fully saturated rings. The van der Waals surface area contributed by atoms with Gasteiger partial charge in [0.15, 0.2) is 0 Å². The van der Waals surface area contributed by atoms with Gasteiger partial charge < -0.3 is 4.42 Å². The number of carbonyl (C=O) groups is 1. The van der Waals surface area contributed by atoms with Crippen LogP contribution in [0.5, 0.6) is 0 Å². The van der Waals surface area contributed by atoms with E-state index in [-0.39, 0.29) is 5.69 Å². The molecule has 0 saturated carbocycles. The van der Waals surface area contributed by atoms with E-state index in [9.17, 15) is 14.9 Å². The predicted octanol–water partition coefficient (Wildman–Crippen LogP) is 4.58. The third-order valence-corrected chi connectivity index (χ3v) is 4.00. The minimum atomic E-state index is -0.435. The van der Waals surface area contributed by atoms with Crippen molar-refractivity contribution in [2.75, 3.05) is 0 Å². The summed E-state index contributed by atoms with van der Waals surface area (Å²) in [5.41, 5.74) is 3.93. The van der Waals surface area contributed by atoms with E-state index in [4.69, 9.17) is 16.0 Å². The second-order valence-corrected chi connectivity index (χ2v) is 6.11. The number of amides is 1. The molecule has 0 saturated heterocycles. The Bertz CT molecular complexity index is 1040. The molecule has 0 bridgehead atoms. The van der Waals surface area contributed by atoms with Crippen LogP contribution in [0.2, 0.25) is 5.02 Å². The molecule has 0 aliphatic carbocycles. The molecule has 0 radical (unpaired) electrons. The Morgan fingerprint density at radius 1 is 1.22 bits per heavy atom. The lowest BCUT2D eigenvalue weighted by Crippen LogP contribution is -2.17. The van der Waals surface area contributed by atoms with Gasteiger partial charge in [0.2, 0.25) is 0 Å². The van der Waals surface area contributed by atoms with Crippen LogP contribution in [0, 0.1) is 17.0 Å². The van der Waals surface area contributed by atoms with Crippen molar-refractivity contribution in [2.24, 2.45) is 5.10 Å². The van der Waals surface area contributed by atoms with Crippen molar-refractivity contribution in [3.63, 3.8) is 0 Å². The van der Waals surface area contributed by atoms with E-state index in [0.717, 1.165) is 0 Å². The Labute approximate surface area is 159 Å². The summed E-state index contributed by atoms with van der Waals surface area (Å²) < 4.78 is 5.61. The van der Waals surface area contributed by atoms with Gasteiger partial charge in [-0.2, -0.15) is 5.10 Å². The molecule has 8 heteroatoms. The number of hydrogen-bond donors (Lipinski definition) is 1. The van der Waals surface area contributed by atoms with Gasteiger partial charge in [-0.3, -0.25) is 14.9 Å². The molecule has 27 heavy (non-hydrogen) atoms. The average molecular weight is 384 g/mol. The molecule has 0 unspecified atom stereocenters. The van der Waals surface area contributed by atoms with Crippen molar-refractivity contribution in [1.82, 2.24) is 5.43 Å². The molecule has 0 spiro atoms. The Kier molecular flexibility index (Phi) is 5.33. The number of nitrogens with zero attached hydrogens (tertiary/aromatic N) is 2. The first kappa shape index (κ1) is 18.3. The van der Waals surface area contributed by atoms with E-state index in [2.05, 4.69) is 10.5 Å². The highest BCUT2D eigenvalue weighted by atomic mass is 35.5. The molecule has 7 nitrogen and oxygen atoms in total. The van der Waals surface area contributed by atoms with Gasteiger partial charge in [-0.1, -0.05) is 29.8 Å². The van der Waals surface area contributed by atoms with Crippen LogP contribution in [-0.2, 0) is 0 Å². The highest BCUT2D eigenvalue weighted by Gasteiger charge is 2.13. The molecule has 136 valence electrons. The number of nitrogens with one attached hydrogen (secondary N) is 1. The second kappa shape index (κ2) is 7.84. The molecular weight excluding hydrogens is 370 g/mol. The van der Waals surface area contributed by atoms with Gasteiger partial charge in [0, 0.05) is 27.8 Å². The molecule has 0 atom stereocenters. The van der Waals surface area contributed by atoms with Gasteiger partial charge in [0.05, 0.1) is 11.1 Å². The molecule has 1 amide bonds. The number of furan rings is 1. The first-order chi connectivity index (χ1) is 12.9. The molecule has 0 aliphatic rings. The van der Waals surface area contributed by atoms with Crippen molar-refractivity contribution < 1.29 is 14.1 Å². The monoisotopic (exact) mass is 383 g/mol. The zero-order chi connectivity index (χ0) is 19.4. The summed E-state index contributed by atoms with van der Waals surface area (Å²) in [6.45, 7) is 1.67. The van der Waals surface area contributed by atoms with Crippen LogP contribution < -0.4 is 5.43 Å². The lowest BCUT2D eigenvalue weighted by Gasteiger charge is -2.00. The summed E-state index contributed by atoms with van der Waals surface area (Å²) in [7, 11) is 0. The van der Waals surface area contributed by atoms with E-state index in [1.165, 1.54) is 18.3 Å². The zero-order valence-corrected chi connectivity index (χ0v) is 14.9. The largest absolute Gasteiger partial charge is 0.455 e. The Balaban J connectivity index is 1.71. The number of nitro benzene ring substituents is 1. The number of benzene rings is 2. The van der Waals surface area contributed by atoms with Crippen LogP contribution >= 0.6 is 11.6 Å². The number of rotatable bonds is 5. The van der Waals surface area contributed by atoms with Crippen molar-refractivity contribution in [3.8, 4) is 11.3 Å². The summed E-state index contributed by atoms with van der Waals surface area (Å²) in [5, 5.41) is 15.4. The molecule has 0 aliphatic heterocycles. The van der Waals surface area contributed by atoms with Crippen LogP contribution in [-0.4, -0.2) is 17.0 Å². The summed E-state index contributed by atoms with van der Waals surface area (Å²) in [4.78, 5) is 22.6. The van der Waals surface area contributed by atoms with Crippen molar-refractivity contribution in [2.45, 2.75) is 6.92 Å². The minimum Gasteiger partial charge on any atom is -0.455 e. The standard InChI is InChI=1S/C19H14ClN3O4/c1-12-5-6-13(10-17(12)23(25)26)18-8-7-16(27-18)11-21-22-19(24)14-3-2-4-15(20)9-14/h2-11H,1H3,(H,22,24)/b21-11-. The van der Waals surface area contributed by atoms with Crippen LogP contribution in [0.15, 0.2) is 64.1 Å². The van der Waals surface area contributed by atoms with Gasteiger partial charge >= 0.3 is 0 Å². The average Bonchev–Trinajstić information content (AvgIpc) is 3.10. The number of nitro groups is 1. The maximum Gasteiger partial charge on any atom is 0.273 e. The van der Waals surface area contributed by atoms with Gasteiger partial charge in [-0.05, 0) is 37.3 Å². The first-order valence-electron chi connectivity index (χ1n) is 7.88. The predicted molar refractivity (Wildman–Crippen MR) is 102 cm³/mol. The summed E-state index contributed by atoms with van der Waals surface area (Å²) in [5.74, 6) is 0.440. The molecule has 1 N–H and O–H groups in total. The lowest BCUT2D eigenvalue weighted by molar-refractivity contribution is -0.385. The van der Waals surface area contributed by atoms with E-state index in [1.54, 1.807) is 49.4 Å². The summed E-state index contributed by atoms with van der Waals surface area (Å²) in [6, 6.07) is 14.7. The van der Waals surface area contributed by atoms with Gasteiger partial charge in [-0.25, -0.2) is 5.43 Å². The zero-order valence-electron chi connectivity index (χ0n) is 14.2. The Morgan fingerprint density at radius 3 is 2.78 bits per heavy atom. The van der Waals surface area contributed by atoms with Gasteiger partial charge in [0.1, 0.15) is 11.5 Å². The molecular formula is C19H14ClN3O4.